The van der Waals surface area contributed by atoms with Crippen LogP contribution in [-0.2, 0) is 0 Å². The van der Waals surface area contributed by atoms with Crippen molar-refractivity contribution in [1.82, 2.24) is 15.0 Å². The number of ether oxygens (including phenoxy) is 1. The van der Waals surface area contributed by atoms with Crippen molar-refractivity contribution >= 4 is 32.7 Å². The van der Waals surface area contributed by atoms with Gasteiger partial charge in [0.15, 0.2) is 17.5 Å². The van der Waals surface area contributed by atoms with Gasteiger partial charge in [-0.1, -0.05) is 103 Å². The van der Waals surface area contributed by atoms with Crippen LogP contribution >= 0.6 is 0 Å². The van der Waals surface area contributed by atoms with Crippen LogP contribution in [0.5, 0.6) is 11.5 Å². The summed E-state index contributed by atoms with van der Waals surface area (Å²) < 4.78 is 12.8. The highest BCUT2D eigenvalue weighted by Gasteiger charge is 2.25. The minimum absolute atomic E-state index is 0.609. The molecule has 0 atom stereocenters. The average molecular weight is 540 g/mol. The predicted octanol–water partition coefficient (Wildman–Crippen LogP) is 9.70. The highest BCUT2D eigenvalue weighted by Crippen LogP contribution is 2.51. The van der Waals surface area contributed by atoms with Gasteiger partial charge in [-0.05, 0) is 40.8 Å². The lowest BCUT2D eigenvalue weighted by Gasteiger charge is -2.18. The number of benzene rings is 6. The van der Waals surface area contributed by atoms with Gasteiger partial charge in [0.2, 0.25) is 0 Å². The van der Waals surface area contributed by atoms with Crippen LogP contribution in [0.1, 0.15) is 0 Å². The van der Waals surface area contributed by atoms with Gasteiger partial charge in [0.05, 0.1) is 5.39 Å². The third-order valence-corrected chi connectivity index (χ3v) is 7.92. The summed E-state index contributed by atoms with van der Waals surface area (Å²) >= 11 is 0. The Bertz CT molecular complexity index is 2270. The van der Waals surface area contributed by atoms with Crippen molar-refractivity contribution in [2.45, 2.75) is 0 Å². The van der Waals surface area contributed by atoms with E-state index < -0.39 is 0 Å². The molecule has 0 saturated heterocycles. The summed E-state index contributed by atoms with van der Waals surface area (Å²) in [5.74, 6) is 3.52. The molecule has 0 unspecified atom stereocenters. The first kappa shape index (κ1) is 22.9. The van der Waals surface area contributed by atoms with Crippen LogP contribution in [0.4, 0.5) is 0 Å². The van der Waals surface area contributed by atoms with E-state index in [9.17, 15) is 0 Å². The van der Waals surface area contributed by atoms with E-state index in [1.165, 1.54) is 0 Å². The second-order valence-corrected chi connectivity index (χ2v) is 10.4. The minimum Gasteiger partial charge on any atom is -0.456 e. The van der Waals surface area contributed by atoms with Crippen molar-refractivity contribution in [2.24, 2.45) is 0 Å². The van der Waals surface area contributed by atoms with E-state index >= 15 is 0 Å². The van der Waals surface area contributed by atoms with Gasteiger partial charge >= 0.3 is 0 Å². The number of furan rings is 1. The first-order valence-electron chi connectivity index (χ1n) is 13.9. The molecule has 8 aromatic rings. The van der Waals surface area contributed by atoms with Crippen LogP contribution in [0.2, 0.25) is 0 Å². The molecule has 9 rings (SSSR count). The van der Waals surface area contributed by atoms with Crippen molar-refractivity contribution < 1.29 is 9.15 Å². The molecule has 5 nitrogen and oxygen atoms in total. The first-order chi connectivity index (χ1) is 20.8. The molecule has 3 heterocycles. The predicted molar refractivity (Wildman–Crippen MR) is 166 cm³/mol. The highest BCUT2D eigenvalue weighted by atomic mass is 16.5. The number of hydrogen-bond donors (Lipinski definition) is 0. The zero-order valence-corrected chi connectivity index (χ0v) is 22.3. The monoisotopic (exact) mass is 539 g/mol. The minimum atomic E-state index is 0.609. The van der Waals surface area contributed by atoms with Gasteiger partial charge in [0.1, 0.15) is 22.7 Å². The van der Waals surface area contributed by atoms with Gasteiger partial charge in [0, 0.05) is 27.5 Å². The Morgan fingerprint density at radius 3 is 1.71 bits per heavy atom. The van der Waals surface area contributed by atoms with Gasteiger partial charge in [-0.25, -0.2) is 15.0 Å². The van der Waals surface area contributed by atoms with Crippen molar-refractivity contribution in [3.05, 3.63) is 127 Å². The largest absolute Gasteiger partial charge is 0.456 e. The molecule has 0 amide bonds. The summed E-state index contributed by atoms with van der Waals surface area (Å²) in [4.78, 5) is 14.9. The standard InChI is InChI=1S/C37H21N3O2/c1-3-11-22(12-4-1)35-38-36(23-13-5-2-6-14-23)40-37(39-35)26-16-8-7-15-24(26)27-21-31-34-32-25(27)17-9-18-28(32)41-29-19-10-20-30(42-31)33(29)34/h1-21H. The Morgan fingerprint density at radius 2 is 1.00 bits per heavy atom. The molecule has 1 aliphatic rings. The van der Waals surface area contributed by atoms with E-state index in [-0.39, 0.29) is 0 Å². The maximum Gasteiger partial charge on any atom is 0.164 e. The molecule has 196 valence electrons. The summed E-state index contributed by atoms with van der Waals surface area (Å²) in [7, 11) is 0. The molecular formula is C37H21N3O2. The quantitative estimate of drug-likeness (QED) is 0.223. The molecule has 0 aliphatic carbocycles. The van der Waals surface area contributed by atoms with Crippen LogP contribution < -0.4 is 4.74 Å². The second kappa shape index (κ2) is 8.85. The summed E-state index contributed by atoms with van der Waals surface area (Å²) in [5.41, 5.74) is 6.47. The Kier molecular flexibility index (Phi) is 4.83. The molecule has 42 heavy (non-hydrogen) atoms. The highest BCUT2D eigenvalue weighted by molar-refractivity contribution is 6.26. The van der Waals surface area contributed by atoms with Gasteiger partial charge in [-0.15, -0.1) is 0 Å². The van der Waals surface area contributed by atoms with Crippen LogP contribution in [-0.4, -0.2) is 15.0 Å². The lowest BCUT2D eigenvalue weighted by Crippen LogP contribution is -2.01. The summed E-state index contributed by atoms with van der Waals surface area (Å²) in [5, 5.41) is 4.26. The summed E-state index contributed by atoms with van der Waals surface area (Å²) in [6.45, 7) is 0. The van der Waals surface area contributed by atoms with Crippen LogP contribution in [0.15, 0.2) is 132 Å². The van der Waals surface area contributed by atoms with E-state index in [4.69, 9.17) is 24.1 Å². The molecule has 0 saturated carbocycles. The molecule has 2 aromatic heterocycles. The normalized spacial score (nSPS) is 12.0. The molecule has 0 N–H and O–H groups in total. The molecule has 6 aromatic carbocycles. The van der Waals surface area contributed by atoms with Gasteiger partial charge in [0.25, 0.3) is 0 Å². The van der Waals surface area contributed by atoms with Crippen LogP contribution in [0.25, 0.3) is 78.0 Å². The Labute approximate surface area is 240 Å². The average Bonchev–Trinajstić information content (AvgIpc) is 3.45. The SMILES string of the molecule is c1ccc(-c2nc(-c3ccccc3)nc(-c3ccccc3-c3cc4oc5cccc6c5c4c4c(cccc34)O6)n2)cc1. The van der Waals surface area contributed by atoms with Crippen LogP contribution in [0.3, 0.4) is 0 Å². The molecule has 1 aliphatic heterocycles. The Hall–Kier alpha value is -5.81. The summed E-state index contributed by atoms with van der Waals surface area (Å²) in [6.07, 6.45) is 0. The van der Waals surface area contributed by atoms with E-state index in [2.05, 4.69) is 30.3 Å². The fraction of sp³-hybridized carbons (Fsp3) is 0. The first-order valence-corrected chi connectivity index (χ1v) is 13.9. The van der Waals surface area contributed by atoms with Gasteiger partial charge < -0.3 is 9.15 Å². The van der Waals surface area contributed by atoms with Crippen molar-refractivity contribution in [2.75, 3.05) is 0 Å². The van der Waals surface area contributed by atoms with E-state index in [0.29, 0.717) is 17.5 Å². The fourth-order valence-electron chi connectivity index (χ4n) is 6.06. The van der Waals surface area contributed by atoms with E-state index in [1.807, 2.05) is 97.1 Å². The van der Waals surface area contributed by atoms with Crippen molar-refractivity contribution in [1.29, 1.82) is 0 Å². The molecule has 5 heteroatoms. The maximum absolute atomic E-state index is 6.42. The number of nitrogens with zero attached hydrogens (tertiary/aromatic N) is 3. The zero-order valence-electron chi connectivity index (χ0n) is 22.3. The third-order valence-electron chi connectivity index (χ3n) is 7.92. The Balaban J connectivity index is 1.33. The van der Waals surface area contributed by atoms with Crippen LogP contribution in [0, 0.1) is 0 Å². The third kappa shape index (κ3) is 3.40. The molecule has 0 radical (unpaired) electrons. The van der Waals surface area contributed by atoms with Gasteiger partial charge in [-0.3, -0.25) is 0 Å². The maximum atomic E-state index is 6.42. The van der Waals surface area contributed by atoms with E-state index in [1.54, 1.807) is 0 Å². The molecule has 0 bridgehead atoms. The lowest BCUT2D eigenvalue weighted by atomic mass is 9.91. The van der Waals surface area contributed by atoms with Gasteiger partial charge in [-0.2, -0.15) is 0 Å². The fourth-order valence-corrected chi connectivity index (χ4v) is 6.06. The number of hydrogen-bond acceptors (Lipinski definition) is 5. The molecule has 0 fully saturated rings. The smallest absolute Gasteiger partial charge is 0.164 e. The molecular weight excluding hydrogens is 518 g/mol. The Morgan fingerprint density at radius 1 is 0.405 bits per heavy atom. The topological polar surface area (TPSA) is 61.0 Å². The van der Waals surface area contributed by atoms with Crippen molar-refractivity contribution in [3.63, 3.8) is 0 Å². The lowest BCUT2D eigenvalue weighted by molar-refractivity contribution is 0.492. The van der Waals surface area contributed by atoms with E-state index in [0.717, 1.165) is 72.0 Å². The second-order valence-electron chi connectivity index (χ2n) is 10.4. The number of rotatable bonds is 4. The number of aromatic nitrogens is 3. The van der Waals surface area contributed by atoms with Crippen molar-refractivity contribution in [3.8, 4) is 56.8 Å². The molecule has 0 spiro atoms. The zero-order chi connectivity index (χ0) is 27.6. The summed E-state index contributed by atoms with van der Waals surface area (Å²) in [6, 6.07) is 42.7.